The van der Waals surface area contributed by atoms with Crippen molar-refractivity contribution in [3.05, 3.63) is 33.8 Å². The topological polar surface area (TPSA) is 12.0 Å². The highest BCUT2D eigenvalue weighted by Gasteiger charge is 2.00. The highest BCUT2D eigenvalue weighted by molar-refractivity contribution is 6.34. The van der Waals surface area contributed by atoms with E-state index in [2.05, 4.69) is 19.2 Å². The Morgan fingerprint density at radius 1 is 1.20 bits per heavy atom. The Labute approximate surface area is 102 Å². The average molecular weight is 246 g/mol. The van der Waals surface area contributed by atoms with Gasteiger partial charge in [-0.25, -0.2) is 0 Å². The molecule has 1 rings (SSSR count). The molecular weight excluding hydrogens is 229 g/mol. The van der Waals surface area contributed by atoms with E-state index in [-0.39, 0.29) is 0 Å². The van der Waals surface area contributed by atoms with Crippen LogP contribution in [-0.2, 0) is 6.42 Å². The second-order valence-electron chi connectivity index (χ2n) is 3.79. The van der Waals surface area contributed by atoms with Gasteiger partial charge < -0.3 is 5.32 Å². The molecule has 1 aromatic rings. The number of nitrogens with one attached hydrogen (secondary N) is 1. The minimum atomic E-state index is 0.569. The van der Waals surface area contributed by atoms with Crippen molar-refractivity contribution in [3.8, 4) is 0 Å². The Morgan fingerprint density at radius 2 is 1.80 bits per heavy atom. The van der Waals surface area contributed by atoms with Crippen LogP contribution in [0.4, 0.5) is 0 Å². The van der Waals surface area contributed by atoms with Gasteiger partial charge in [-0.1, -0.05) is 30.1 Å². The van der Waals surface area contributed by atoms with Crippen molar-refractivity contribution in [2.24, 2.45) is 0 Å². The molecule has 0 amide bonds. The summed E-state index contributed by atoms with van der Waals surface area (Å²) in [6.45, 7) is 5.32. The molecule has 0 aliphatic heterocycles. The lowest BCUT2D eigenvalue weighted by Gasteiger charge is -2.11. The van der Waals surface area contributed by atoms with Gasteiger partial charge in [0.15, 0.2) is 0 Å². The molecule has 15 heavy (non-hydrogen) atoms. The molecular formula is C12H17Cl2N. The van der Waals surface area contributed by atoms with Gasteiger partial charge in [-0.15, -0.1) is 0 Å². The molecule has 1 aromatic carbocycles. The smallest absolute Gasteiger partial charge is 0.0423 e. The van der Waals surface area contributed by atoms with Crippen LogP contribution in [0, 0.1) is 0 Å². The molecule has 0 bridgehead atoms. The van der Waals surface area contributed by atoms with Gasteiger partial charge in [0, 0.05) is 16.1 Å². The fourth-order valence-corrected chi connectivity index (χ4v) is 1.93. The summed E-state index contributed by atoms with van der Waals surface area (Å²) < 4.78 is 0. The predicted molar refractivity (Wildman–Crippen MR) is 67.9 cm³/mol. The van der Waals surface area contributed by atoms with Gasteiger partial charge in [0.05, 0.1) is 0 Å². The molecule has 0 saturated carbocycles. The van der Waals surface area contributed by atoms with E-state index in [1.165, 1.54) is 5.56 Å². The van der Waals surface area contributed by atoms with Crippen LogP contribution >= 0.6 is 23.2 Å². The van der Waals surface area contributed by atoms with Crippen LogP contribution in [0.1, 0.15) is 25.8 Å². The van der Waals surface area contributed by atoms with Gasteiger partial charge in [-0.3, -0.25) is 0 Å². The molecule has 84 valence electrons. The van der Waals surface area contributed by atoms with Crippen LogP contribution in [0.15, 0.2) is 18.2 Å². The fourth-order valence-electron chi connectivity index (χ4n) is 1.36. The first-order valence-electron chi connectivity index (χ1n) is 5.30. The fraction of sp³-hybridized carbons (Fsp3) is 0.500. The van der Waals surface area contributed by atoms with Gasteiger partial charge >= 0.3 is 0 Å². The quantitative estimate of drug-likeness (QED) is 0.830. The summed E-state index contributed by atoms with van der Waals surface area (Å²) in [7, 11) is 0. The van der Waals surface area contributed by atoms with E-state index in [4.69, 9.17) is 23.2 Å². The number of rotatable bonds is 5. The molecule has 0 saturated heterocycles. The first kappa shape index (κ1) is 12.8. The lowest BCUT2D eigenvalue weighted by molar-refractivity contribution is 0.537. The van der Waals surface area contributed by atoms with E-state index in [0.29, 0.717) is 16.1 Å². The maximum atomic E-state index is 5.91. The summed E-state index contributed by atoms with van der Waals surface area (Å²) >= 11 is 11.8. The van der Waals surface area contributed by atoms with Crippen molar-refractivity contribution >= 4 is 23.2 Å². The Morgan fingerprint density at radius 3 is 2.33 bits per heavy atom. The molecule has 0 aromatic heterocycles. The zero-order chi connectivity index (χ0) is 11.3. The Hall–Kier alpha value is -0.240. The summed E-state index contributed by atoms with van der Waals surface area (Å²) in [5, 5.41) is 4.85. The minimum absolute atomic E-state index is 0.569. The van der Waals surface area contributed by atoms with Crippen LogP contribution in [0.25, 0.3) is 0 Å². The maximum Gasteiger partial charge on any atom is 0.0423 e. The minimum Gasteiger partial charge on any atom is -0.314 e. The summed E-state index contributed by atoms with van der Waals surface area (Å²) in [6.07, 6.45) is 2.11. The molecule has 1 N–H and O–H groups in total. The van der Waals surface area contributed by atoms with Crippen molar-refractivity contribution in [3.63, 3.8) is 0 Å². The predicted octanol–water partition coefficient (Wildman–Crippen LogP) is 3.92. The molecule has 1 nitrogen and oxygen atoms in total. The van der Waals surface area contributed by atoms with E-state index >= 15 is 0 Å². The van der Waals surface area contributed by atoms with Crippen LogP contribution in [0.3, 0.4) is 0 Å². The maximum absolute atomic E-state index is 5.91. The van der Waals surface area contributed by atoms with Gasteiger partial charge in [0.25, 0.3) is 0 Å². The molecule has 0 radical (unpaired) electrons. The van der Waals surface area contributed by atoms with Crippen molar-refractivity contribution in [2.75, 3.05) is 6.54 Å². The van der Waals surface area contributed by atoms with E-state index in [0.717, 1.165) is 19.4 Å². The summed E-state index contributed by atoms with van der Waals surface area (Å²) in [4.78, 5) is 0. The number of hydrogen-bond acceptors (Lipinski definition) is 1. The number of benzene rings is 1. The SMILES string of the molecule is CCC(C)NCCc1cc(Cl)cc(Cl)c1. The summed E-state index contributed by atoms with van der Waals surface area (Å²) in [6, 6.07) is 6.26. The Balaban J connectivity index is 2.43. The number of hydrogen-bond donors (Lipinski definition) is 1. The summed E-state index contributed by atoms with van der Waals surface area (Å²) in [5.41, 5.74) is 1.18. The van der Waals surface area contributed by atoms with Crippen molar-refractivity contribution in [1.29, 1.82) is 0 Å². The van der Waals surface area contributed by atoms with Crippen LogP contribution in [-0.4, -0.2) is 12.6 Å². The first-order chi connectivity index (χ1) is 7.11. The molecule has 3 heteroatoms. The lowest BCUT2D eigenvalue weighted by Crippen LogP contribution is -2.27. The average Bonchev–Trinajstić information content (AvgIpc) is 2.16. The van der Waals surface area contributed by atoms with Gasteiger partial charge in [0.1, 0.15) is 0 Å². The number of halogens is 2. The third-order valence-electron chi connectivity index (χ3n) is 2.44. The van der Waals surface area contributed by atoms with E-state index in [9.17, 15) is 0 Å². The van der Waals surface area contributed by atoms with E-state index < -0.39 is 0 Å². The van der Waals surface area contributed by atoms with Crippen molar-refractivity contribution in [1.82, 2.24) is 5.32 Å². The Bertz CT molecular complexity index is 292. The van der Waals surface area contributed by atoms with Crippen molar-refractivity contribution in [2.45, 2.75) is 32.7 Å². The first-order valence-corrected chi connectivity index (χ1v) is 6.05. The standard InChI is InChI=1S/C12H17Cl2N/c1-3-9(2)15-5-4-10-6-11(13)8-12(14)7-10/h6-9,15H,3-5H2,1-2H3. The van der Waals surface area contributed by atoms with Gasteiger partial charge in [0.2, 0.25) is 0 Å². The normalized spacial score (nSPS) is 12.8. The zero-order valence-corrected chi connectivity index (χ0v) is 10.7. The van der Waals surface area contributed by atoms with E-state index in [1.54, 1.807) is 6.07 Å². The van der Waals surface area contributed by atoms with Gasteiger partial charge in [-0.2, -0.15) is 0 Å². The molecule has 0 heterocycles. The van der Waals surface area contributed by atoms with Crippen LogP contribution < -0.4 is 5.32 Å². The highest BCUT2D eigenvalue weighted by Crippen LogP contribution is 2.19. The lowest BCUT2D eigenvalue weighted by atomic mass is 10.1. The molecule has 0 fully saturated rings. The molecule has 1 atom stereocenters. The zero-order valence-electron chi connectivity index (χ0n) is 9.19. The largest absolute Gasteiger partial charge is 0.314 e. The van der Waals surface area contributed by atoms with Crippen molar-refractivity contribution < 1.29 is 0 Å². The Kier molecular flexibility index (Phi) is 5.44. The third kappa shape index (κ3) is 4.87. The van der Waals surface area contributed by atoms with Crippen LogP contribution in [0.5, 0.6) is 0 Å². The van der Waals surface area contributed by atoms with E-state index in [1.807, 2.05) is 12.1 Å². The summed E-state index contributed by atoms with van der Waals surface area (Å²) in [5.74, 6) is 0. The molecule has 0 spiro atoms. The van der Waals surface area contributed by atoms with Crippen LogP contribution in [0.2, 0.25) is 10.0 Å². The molecule has 1 unspecified atom stereocenters. The van der Waals surface area contributed by atoms with Gasteiger partial charge in [-0.05, 0) is 50.1 Å². The third-order valence-corrected chi connectivity index (χ3v) is 2.88. The second kappa shape index (κ2) is 6.37. The molecule has 0 aliphatic carbocycles. The second-order valence-corrected chi connectivity index (χ2v) is 4.66. The molecule has 0 aliphatic rings. The highest BCUT2D eigenvalue weighted by atomic mass is 35.5. The monoisotopic (exact) mass is 245 g/mol.